The topological polar surface area (TPSA) is 151 Å². The van der Waals surface area contributed by atoms with Gasteiger partial charge in [0.15, 0.2) is 16.3 Å². The highest BCUT2D eigenvalue weighted by Crippen LogP contribution is 2.49. The molecule has 0 radical (unpaired) electrons. The summed E-state index contributed by atoms with van der Waals surface area (Å²) in [5.41, 5.74) is 6.49. The van der Waals surface area contributed by atoms with Crippen molar-refractivity contribution in [3.05, 3.63) is 65.2 Å². The standard InChI is InChI=1S/C21H26N5O6PS/c1-2-6-17(27)34-12-11-31-33(29,32-13-16-7-4-3-5-8-16)15-30-10-9-26-14-23-18-19(26)24-21(22)25-20(18)28/h2-5,7-8,14H,1,6,9-13,15H2,(H3,22,24,25,28). The van der Waals surface area contributed by atoms with Gasteiger partial charge in [-0.1, -0.05) is 48.2 Å². The van der Waals surface area contributed by atoms with Crippen LogP contribution in [0.3, 0.4) is 0 Å². The third-order valence-corrected chi connectivity index (χ3v) is 6.89. The van der Waals surface area contributed by atoms with Gasteiger partial charge in [-0.05, 0) is 5.56 Å². The van der Waals surface area contributed by atoms with Gasteiger partial charge in [-0.3, -0.25) is 19.1 Å². The van der Waals surface area contributed by atoms with Crippen molar-refractivity contribution in [3.63, 3.8) is 0 Å². The summed E-state index contributed by atoms with van der Waals surface area (Å²) in [5, 5.41) is -0.0458. The first-order valence-corrected chi connectivity index (χ1v) is 13.1. The van der Waals surface area contributed by atoms with E-state index in [-0.39, 0.29) is 55.7 Å². The number of nitrogens with two attached hydrogens (primary N) is 1. The summed E-state index contributed by atoms with van der Waals surface area (Å²) in [5.74, 6) is 0.311. The van der Waals surface area contributed by atoms with Gasteiger partial charge >= 0.3 is 7.60 Å². The molecule has 0 aliphatic rings. The highest BCUT2D eigenvalue weighted by Gasteiger charge is 2.25. The van der Waals surface area contributed by atoms with E-state index in [0.29, 0.717) is 11.4 Å². The number of aromatic amines is 1. The molecule has 0 saturated heterocycles. The van der Waals surface area contributed by atoms with Crippen LogP contribution in [0.1, 0.15) is 12.0 Å². The minimum atomic E-state index is -3.61. The Labute approximate surface area is 200 Å². The number of imidazole rings is 1. The minimum absolute atomic E-state index is 0.0168. The number of carbonyl (C=O) groups is 1. The van der Waals surface area contributed by atoms with Gasteiger partial charge in [0.25, 0.3) is 5.56 Å². The zero-order valence-electron chi connectivity index (χ0n) is 18.4. The average molecular weight is 508 g/mol. The second-order valence-electron chi connectivity index (χ2n) is 7.02. The van der Waals surface area contributed by atoms with Crippen molar-refractivity contribution in [2.24, 2.45) is 0 Å². The van der Waals surface area contributed by atoms with E-state index in [1.165, 1.54) is 12.4 Å². The highest BCUT2D eigenvalue weighted by molar-refractivity contribution is 8.13. The van der Waals surface area contributed by atoms with Crippen molar-refractivity contribution in [1.29, 1.82) is 0 Å². The van der Waals surface area contributed by atoms with Crippen molar-refractivity contribution in [2.75, 3.05) is 31.0 Å². The number of nitrogen functional groups attached to an aromatic ring is 1. The molecule has 1 unspecified atom stereocenters. The maximum atomic E-state index is 13.2. The largest absolute Gasteiger partial charge is 0.369 e. The van der Waals surface area contributed by atoms with Crippen LogP contribution < -0.4 is 11.3 Å². The van der Waals surface area contributed by atoms with Crippen molar-refractivity contribution in [2.45, 2.75) is 19.6 Å². The molecule has 2 aromatic heterocycles. The van der Waals surface area contributed by atoms with Gasteiger partial charge in [0.2, 0.25) is 5.95 Å². The number of fused-ring (bicyclic) bond motifs is 1. The maximum absolute atomic E-state index is 13.2. The predicted molar refractivity (Wildman–Crippen MR) is 130 cm³/mol. The summed E-state index contributed by atoms with van der Waals surface area (Å²) >= 11 is 1.08. The maximum Gasteiger partial charge on any atom is 0.356 e. The number of aromatic nitrogens is 4. The van der Waals surface area contributed by atoms with Crippen LogP contribution in [0.4, 0.5) is 5.95 Å². The Hall–Kier alpha value is -2.76. The van der Waals surface area contributed by atoms with Crippen LogP contribution in [0.25, 0.3) is 11.2 Å². The van der Waals surface area contributed by atoms with Gasteiger partial charge in [0.1, 0.15) is 6.35 Å². The first kappa shape index (κ1) is 25.9. The van der Waals surface area contributed by atoms with Gasteiger partial charge in [0.05, 0.1) is 26.1 Å². The van der Waals surface area contributed by atoms with Crippen molar-refractivity contribution in [3.8, 4) is 0 Å². The number of allylic oxidation sites excluding steroid dienone is 1. The Morgan fingerprint density at radius 2 is 2.06 bits per heavy atom. The molecule has 3 rings (SSSR count). The first-order chi connectivity index (χ1) is 16.4. The number of anilines is 1. The lowest BCUT2D eigenvalue weighted by molar-refractivity contribution is -0.110. The Morgan fingerprint density at radius 1 is 1.26 bits per heavy atom. The lowest BCUT2D eigenvalue weighted by atomic mass is 10.2. The number of carbonyl (C=O) groups excluding carboxylic acids is 1. The summed E-state index contributed by atoms with van der Waals surface area (Å²) in [6, 6.07) is 9.27. The van der Waals surface area contributed by atoms with Crippen molar-refractivity contribution in [1.82, 2.24) is 19.5 Å². The van der Waals surface area contributed by atoms with Crippen LogP contribution in [-0.4, -0.2) is 49.9 Å². The Morgan fingerprint density at radius 3 is 2.82 bits per heavy atom. The molecular weight excluding hydrogens is 481 g/mol. The number of nitrogens with one attached hydrogen (secondary N) is 1. The summed E-state index contributed by atoms with van der Waals surface area (Å²) in [7, 11) is -3.61. The van der Waals surface area contributed by atoms with Crippen molar-refractivity contribution < 1.29 is 23.1 Å². The van der Waals surface area contributed by atoms with E-state index in [4.69, 9.17) is 19.5 Å². The number of hydrogen-bond acceptors (Lipinski definition) is 10. The minimum Gasteiger partial charge on any atom is -0.369 e. The van der Waals surface area contributed by atoms with Crippen molar-refractivity contribution >= 4 is 41.6 Å². The summed E-state index contributed by atoms with van der Waals surface area (Å²) in [6.45, 7) is 4.09. The number of hydrogen-bond donors (Lipinski definition) is 2. The molecule has 1 atom stereocenters. The fraction of sp³-hybridized carbons (Fsp3) is 0.333. The van der Waals surface area contributed by atoms with Crippen LogP contribution in [0.15, 0.2) is 54.1 Å². The van der Waals surface area contributed by atoms with Gasteiger partial charge in [-0.15, -0.1) is 6.58 Å². The van der Waals surface area contributed by atoms with Crippen LogP contribution in [-0.2, 0) is 36.3 Å². The first-order valence-electron chi connectivity index (χ1n) is 10.4. The smallest absolute Gasteiger partial charge is 0.356 e. The normalized spacial score (nSPS) is 13.1. The van der Waals surface area contributed by atoms with Gasteiger partial charge in [-0.2, -0.15) is 4.98 Å². The van der Waals surface area contributed by atoms with E-state index < -0.39 is 13.2 Å². The summed E-state index contributed by atoms with van der Waals surface area (Å²) < 4.78 is 31.6. The van der Waals surface area contributed by atoms with E-state index in [9.17, 15) is 14.2 Å². The summed E-state index contributed by atoms with van der Waals surface area (Å²) in [6.07, 6.45) is 2.95. The van der Waals surface area contributed by atoms with Gasteiger partial charge in [0, 0.05) is 18.7 Å². The molecule has 0 amide bonds. The average Bonchev–Trinajstić information content (AvgIpc) is 3.22. The molecule has 13 heteroatoms. The van der Waals surface area contributed by atoms with E-state index >= 15 is 0 Å². The molecule has 0 spiro atoms. The third kappa shape index (κ3) is 7.64. The molecule has 3 aromatic rings. The van der Waals surface area contributed by atoms with Gasteiger partial charge < -0.3 is 24.1 Å². The molecule has 2 heterocycles. The fourth-order valence-corrected chi connectivity index (χ4v) is 4.89. The van der Waals surface area contributed by atoms with E-state index in [1.54, 1.807) is 4.57 Å². The Balaban J connectivity index is 1.55. The Bertz CT molecular complexity index is 1220. The monoisotopic (exact) mass is 507 g/mol. The van der Waals surface area contributed by atoms with E-state index in [1.807, 2.05) is 30.3 Å². The van der Waals surface area contributed by atoms with E-state index in [2.05, 4.69) is 21.5 Å². The molecule has 182 valence electrons. The molecule has 3 N–H and O–H groups in total. The number of rotatable bonds is 14. The zero-order valence-corrected chi connectivity index (χ0v) is 20.1. The number of nitrogens with zero attached hydrogens (tertiary/aromatic N) is 3. The number of H-pyrrole nitrogens is 1. The molecule has 11 nitrogen and oxygen atoms in total. The zero-order chi connectivity index (χ0) is 24.4. The van der Waals surface area contributed by atoms with Gasteiger partial charge in [-0.25, -0.2) is 4.98 Å². The number of ether oxygens (including phenoxy) is 1. The van der Waals surface area contributed by atoms with Crippen LogP contribution in [0.5, 0.6) is 0 Å². The third-order valence-electron chi connectivity index (χ3n) is 4.44. The van der Waals surface area contributed by atoms with Crippen LogP contribution >= 0.6 is 19.4 Å². The molecular formula is C21H26N5O6PS. The van der Waals surface area contributed by atoms with E-state index in [0.717, 1.165) is 17.3 Å². The number of benzene rings is 1. The SMILES string of the molecule is C=CCC(=O)SCCOP(=O)(COCCn1cnc2c(=O)[nH]c(N)nc21)OCc1ccccc1. The quantitative estimate of drug-likeness (QED) is 0.189. The molecule has 0 aliphatic heterocycles. The molecule has 1 aromatic carbocycles. The molecule has 0 bridgehead atoms. The molecule has 0 aliphatic carbocycles. The number of thioether (sulfide) groups is 1. The molecule has 34 heavy (non-hydrogen) atoms. The second-order valence-corrected chi connectivity index (χ2v) is 10.2. The Kier molecular flexibility index (Phi) is 9.61. The second kappa shape index (κ2) is 12.6. The fourth-order valence-electron chi connectivity index (χ4n) is 2.84. The van der Waals surface area contributed by atoms with Crippen LogP contribution in [0, 0.1) is 0 Å². The lowest BCUT2D eigenvalue weighted by Gasteiger charge is -2.19. The summed E-state index contributed by atoms with van der Waals surface area (Å²) in [4.78, 5) is 34.0. The highest BCUT2D eigenvalue weighted by atomic mass is 32.2. The lowest BCUT2D eigenvalue weighted by Crippen LogP contribution is -2.13. The van der Waals surface area contributed by atoms with Crippen LogP contribution in [0.2, 0.25) is 0 Å². The molecule has 0 saturated carbocycles. The molecule has 0 fully saturated rings. The predicted octanol–water partition coefficient (Wildman–Crippen LogP) is 2.94.